The van der Waals surface area contributed by atoms with Crippen molar-refractivity contribution < 1.29 is 14.3 Å². The summed E-state index contributed by atoms with van der Waals surface area (Å²) in [6.45, 7) is 8.22. The van der Waals surface area contributed by atoms with E-state index in [0.717, 1.165) is 93.3 Å². The van der Waals surface area contributed by atoms with E-state index < -0.39 is 0 Å². The van der Waals surface area contributed by atoms with Crippen molar-refractivity contribution in [2.45, 2.75) is 45.3 Å². The molecule has 9 nitrogen and oxygen atoms in total. The number of methoxy groups -OCH3 is 1. The molecule has 1 atom stereocenters. The maximum absolute atomic E-state index is 12.5. The van der Waals surface area contributed by atoms with Crippen LogP contribution in [0.2, 0.25) is 0 Å². The first-order valence-electron chi connectivity index (χ1n) is 11.8. The molecular formula is C24H32N6O3. The molecule has 0 N–H and O–H groups in total. The molecule has 176 valence electrons. The second-order valence-electron chi connectivity index (χ2n) is 8.81. The van der Waals surface area contributed by atoms with Crippen molar-refractivity contribution >= 4 is 22.8 Å². The summed E-state index contributed by atoms with van der Waals surface area (Å²) in [7, 11) is 1.44. The van der Waals surface area contributed by atoms with Gasteiger partial charge >= 0.3 is 6.09 Å². The number of amides is 1. The molecule has 1 fully saturated rings. The van der Waals surface area contributed by atoms with Crippen LogP contribution in [0.4, 0.5) is 10.5 Å². The molecule has 5 rings (SSSR count). The Hall–Kier alpha value is -2.91. The fraction of sp³-hybridized carbons (Fsp3) is 0.542. The Balaban J connectivity index is 1.51. The Kier molecular flexibility index (Phi) is 6.32. The Labute approximate surface area is 193 Å². The number of hydrogen-bond acceptors (Lipinski definition) is 6. The SMILES string of the molecule is COC(=O)N1c2ccc3c(nc(CCn4cccn4)n3CCN3CCOCC3)c2CC[C@@H]1C. The fourth-order valence-corrected chi connectivity index (χ4v) is 5.01. The summed E-state index contributed by atoms with van der Waals surface area (Å²) in [5.74, 6) is 1.06. The van der Waals surface area contributed by atoms with Gasteiger partial charge in [0.25, 0.3) is 0 Å². The zero-order chi connectivity index (χ0) is 22.8. The zero-order valence-electron chi connectivity index (χ0n) is 19.4. The fourth-order valence-electron chi connectivity index (χ4n) is 5.01. The van der Waals surface area contributed by atoms with Gasteiger partial charge in [-0.2, -0.15) is 5.10 Å². The van der Waals surface area contributed by atoms with Crippen LogP contribution in [0.3, 0.4) is 0 Å². The number of carbonyl (C=O) groups is 1. The van der Waals surface area contributed by atoms with Crippen LogP contribution in [-0.4, -0.2) is 76.3 Å². The zero-order valence-corrected chi connectivity index (χ0v) is 19.4. The number of carbonyl (C=O) groups excluding carboxylic acids is 1. The summed E-state index contributed by atoms with van der Waals surface area (Å²) in [6, 6.07) is 6.23. The van der Waals surface area contributed by atoms with Crippen LogP contribution >= 0.6 is 0 Å². The van der Waals surface area contributed by atoms with Gasteiger partial charge in [0.15, 0.2) is 0 Å². The molecule has 0 radical (unpaired) electrons. The number of aryl methyl sites for hydroxylation is 3. The number of aromatic nitrogens is 4. The van der Waals surface area contributed by atoms with Crippen LogP contribution in [0.15, 0.2) is 30.6 Å². The highest BCUT2D eigenvalue weighted by Crippen LogP contribution is 2.36. The third-order valence-electron chi connectivity index (χ3n) is 6.83. The van der Waals surface area contributed by atoms with Gasteiger partial charge in [-0.15, -0.1) is 0 Å². The van der Waals surface area contributed by atoms with Gasteiger partial charge in [0.05, 0.1) is 37.0 Å². The van der Waals surface area contributed by atoms with Crippen molar-refractivity contribution in [2.75, 3.05) is 44.9 Å². The van der Waals surface area contributed by atoms with E-state index in [1.54, 1.807) is 11.1 Å². The van der Waals surface area contributed by atoms with Crippen molar-refractivity contribution in [1.29, 1.82) is 0 Å². The summed E-state index contributed by atoms with van der Waals surface area (Å²) < 4.78 is 14.9. The molecular weight excluding hydrogens is 420 g/mol. The predicted octanol–water partition coefficient (Wildman–Crippen LogP) is 2.72. The minimum Gasteiger partial charge on any atom is -0.452 e. The molecule has 2 aliphatic heterocycles. The maximum Gasteiger partial charge on any atom is 0.414 e. The molecule has 0 aliphatic carbocycles. The normalized spacial score (nSPS) is 19.1. The highest BCUT2D eigenvalue weighted by Gasteiger charge is 2.31. The highest BCUT2D eigenvalue weighted by molar-refractivity contribution is 5.95. The molecule has 33 heavy (non-hydrogen) atoms. The van der Waals surface area contributed by atoms with Crippen molar-refractivity contribution in [2.24, 2.45) is 0 Å². The lowest BCUT2D eigenvalue weighted by Crippen LogP contribution is -2.42. The van der Waals surface area contributed by atoms with Gasteiger partial charge in [-0.3, -0.25) is 14.5 Å². The third-order valence-corrected chi connectivity index (χ3v) is 6.83. The van der Waals surface area contributed by atoms with E-state index in [1.807, 2.05) is 16.9 Å². The summed E-state index contributed by atoms with van der Waals surface area (Å²) in [5, 5.41) is 4.35. The van der Waals surface area contributed by atoms with Gasteiger partial charge < -0.3 is 14.0 Å². The maximum atomic E-state index is 12.5. The summed E-state index contributed by atoms with van der Waals surface area (Å²) >= 11 is 0. The van der Waals surface area contributed by atoms with Gasteiger partial charge in [-0.05, 0) is 38.0 Å². The van der Waals surface area contributed by atoms with Gasteiger partial charge in [0, 0.05) is 63.1 Å². The number of rotatable bonds is 6. The minimum absolute atomic E-state index is 0.102. The molecule has 1 saturated heterocycles. The molecule has 2 aliphatic rings. The van der Waals surface area contributed by atoms with Crippen LogP contribution in [0, 0.1) is 0 Å². The molecule has 1 aromatic carbocycles. The van der Waals surface area contributed by atoms with Crippen molar-refractivity contribution in [1.82, 2.24) is 24.2 Å². The van der Waals surface area contributed by atoms with E-state index >= 15 is 0 Å². The number of anilines is 1. The van der Waals surface area contributed by atoms with E-state index in [2.05, 4.69) is 33.6 Å². The first kappa shape index (κ1) is 21.9. The molecule has 0 spiro atoms. The summed E-state index contributed by atoms with van der Waals surface area (Å²) in [6.07, 6.45) is 6.07. The van der Waals surface area contributed by atoms with E-state index in [9.17, 15) is 4.79 Å². The number of morpholine rings is 1. The van der Waals surface area contributed by atoms with E-state index in [4.69, 9.17) is 14.5 Å². The molecule has 0 bridgehead atoms. The number of imidazole rings is 1. The van der Waals surface area contributed by atoms with E-state index in [0.29, 0.717) is 0 Å². The number of fused-ring (bicyclic) bond motifs is 3. The van der Waals surface area contributed by atoms with Gasteiger partial charge in [-0.25, -0.2) is 9.78 Å². The molecule has 3 aromatic rings. The predicted molar refractivity (Wildman–Crippen MR) is 126 cm³/mol. The third kappa shape index (κ3) is 4.35. The molecule has 4 heterocycles. The topological polar surface area (TPSA) is 77.7 Å². The summed E-state index contributed by atoms with van der Waals surface area (Å²) in [4.78, 5) is 21.9. The first-order chi connectivity index (χ1) is 16.2. The largest absolute Gasteiger partial charge is 0.452 e. The Morgan fingerprint density at radius 2 is 2.06 bits per heavy atom. The molecule has 0 saturated carbocycles. The smallest absolute Gasteiger partial charge is 0.414 e. The van der Waals surface area contributed by atoms with Crippen LogP contribution in [-0.2, 0) is 35.4 Å². The lowest BCUT2D eigenvalue weighted by molar-refractivity contribution is 0.0364. The van der Waals surface area contributed by atoms with Crippen LogP contribution in [0.5, 0.6) is 0 Å². The quantitative estimate of drug-likeness (QED) is 0.572. The van der Waals surface area contributed by atoms with Crippen molar-refractivity contribution in [3.63, 3.8) is 0 Å². The Bertz CT molecular complexity index is 1100. The average Bonchev–Trinajstić information content (AvgIpc) is 3.49. The number of nitrogens with zero attached hydrogens (tertiary/aromatic N) is 6. The minimum atomic E-state index is -0.312. The van der Waals surface area contributed by atoms with Gasteiger partial charge in [-0.1, -0.05) is 0 Å². The monoisotopic (exact) mass is 452 g/mol. The van der Waals surface area contributed by atoms with E-state index in [-0.39, 0.29) is 12.1 Å². The second-order valence-corrected chi connectivity index (χ2v) is 8.81. The number of hydrogen-bond donors (Lipinski definition) is 0. The Morgan fingerprint density at radius 3 is 2.82 bits per heavy atom. The van der Waals surface area contributed by atoms with Gasteiger partial charge in [0.2, 0.25) is 0 Å². The van der Waals surface area contributed by atoms with Crippen molar-refractivity contribution in [3.05, 3.63) is 42.0 Å². The highest BCUT2D eigenvalue weighted by atomic mass is 16.5. The van der Waals surface area contributed by atoms with Crippen LogP contribution < -0.4 is 4.90 Å². The standard InChI is InChI=1S/C24H32N6O3/c1-18-4-5-19-20(30(18)24(31)32-2)6-7-21-23(19)26-22(8-11-28-10-3-9-25-28)29(21)13-12-27-14-16-33-17-15-27/h3,6-7,9-10,18H,4-5,8,11-17H2,1-2H3/t18-/m0/s1. The van der Waals surface area contributed by atoms with E-state index in [1.165, 1.54) is 7.11 Å². The van der Waals surface area contributed by atoms with Gasteiger partial charge in [0.1, 0.15) is 5.82 Å². The average molecular weight is 453 g/mol. The first-order valence-corrected chi connectivity index (χ1v) is 11.8. The number of ether oxygens (including phenoxy) is 2. The second kappa shape index (κ2) is 9.52. The molecule has 0 unspecified atom stereocenters. The molecule has 2 aromatic heterocycles. The van der Waals surface area contributed by atoms with Crippen molar-refractivity contribution in [3.8, 4) is 0 Å². The van der Waals surface area contributed by atoms with Crippen LogP contribution in [0.1, 0.15) is 24.7 Å². The summed E-state index contributed by atoms with van der Waals surface area (Å²) in [5.41, 5.74) is 4.20. The Morgan fingerprint density at radius 1 is 1.21 bits per heavy atom. The lowest BCUT2D eigenvalue weighted by Gasteiger charge is -2.34. The lowest BCUT2D eigenvalue weighted by atomic mass is 9.96. The molecule has 9 heteroatoms. The number of benzene rings is 1. The van der Waals surface area contributed by atoms with Crippen LogP contribution in [0.25, 0.3) is 11.0 Å². The molecule has 1 amide bonds.